The molecule has 0 aromatic carbocycles. The Hall–Kier alpha value is -1.58. The zero-order valence-electron chi connectivity index (χ0n) is 11.5. The van der Waals surface area contributed by atoms with Crippen molar-refractivity contribution in [3.63, 3.8) is 0 Å². The summed E-state index contributed by atoms with van der Waals surface area (Å²) in [6.07, 6.45) is 0. The van der Waals surface area contributed by atoms with E-state index < -0.39 is 43.0 Å². The van der Waals surface area contributed by atoms with E-state index in [1.165, 1.54) is 0 Å². The first kappa shape index (κ1) is 27.7. The molecule has 21 heavy (non-hydrogen) atoms. The van der Waals surface area contributed by atoms with Gasteiger partial charge in [-0.1, -0.05) is 0 Å². The summed E-state index contributed by atoms with van der Waals surface area (Å²) in [4.78, 5) is 39.0. The van der Waals surface area contributed by atoms with E-state index in [0.717, 1.165) is 13.8 Å². The van der Waals surface area contributed by atoms with Crippen LogP contribution in [0, 0.1) is 11.8 Å². The zero-order chi connectivity index (χ0) is 17.0. The van der Waals surface area contributed by atoms with Crippen LogP contribution in [0.3, 0.4) is 0 Å². The van der Waals surface area contributed by atoms with Crippen LogP contribution in [0.2, 0.25) is 0 Å². The third-order valence-electron chi connectivity index (χ3n) is 1.48. The molecule has 0 aliphatic rings. The predicted octanol–water partition coefficient (Wildman–Crippen LogP) is -6.10. The van der Waals surface area contributed by atoms with Crippen molar-refractivity contribution >= 4 is 31.2 Å². The third kappa shape index (κ3) is 23.9. The average molecular weight is 304 g/mol. The molecule has 0 radical (unpaired) electrons. The average Bonchev–Trinajstić information content (AvgIpc) is 2.26. The maximum Gasteiger partial charge on any atom is 1.00 e. The van der Waals surface area contributed by atoms with Crippen LogP contribution in [-0.4, -0.2) is 61.7 Å². The zero-order valence-corrected chi connectivity index (χ0v) is 11.5. The van der Waals surface area contributed by atoms with Gasteiger partial charge >= 0.3 is 50.1 Å². The Kier molecular flexibility index (Phi) is 19.6. The molecule has 0 saturated carbocycles. The molecule has 116 valence electrons. The molecule has 0 spiro atoms. The molecular formula is C8H14BLiO11. The molecule has 0 aliphatic carbocycles. The number of carboxylic acids is 4. The second-order valence-electron chi connectivity index (χ2n) is 3.12. The van der Waals surface area contributed by atoms with Crippen LogP contribution in [0.1, 0.15) is 13.8 Å². The topological polar surface area (TPSA) is 213 Å². The van der Waals surface area contributed by atoms with Crippen molar-refractivity contribution in [2.75, 3.05) is 0 Å². The van der Waals surface area contributed by atoms with Crippen LogP contribution >= 0.6 is 0 Å². The summed E-state index contributed by atoms with van der Waals surface area (Å²) in [7, 11) is -2.42. The minimum atomic E-state index is -2.42. The van der Waals surface area contributed by atoms with Gasteiger partial charge in [-0.05, 0) is 13.8 Å². The first-order chi connectivity index (χ1) is 8.84. The molecule has 0 bridgehead atoms. The Labute approximate surface area is 131 Å². The van der Waals surface area contributed by atoms with Crippen LogP contribution in [0.15, 0.2) is 0 Å². The summed E-state index contributed by atoms with van der Waals surface area (Å²) in [5, 5.41) is 54.6. The van der Waals surface area contributed by atoms with Crippen LogP contribution in [0.4, 0.5) is 0 Å². The number of carbonyl (C=O) groups is 4. The first-order valence-corrected chi connectivity index (χ1v) is 4.77. The van der Waals surface area contributed by atoms with Gasteiger partial charge in [-0.3, -0.25) is 19.2 Å². The molecule has 0 amide bonds. The van der Waals surface area contributed by atoms with Crippen molar-refractivity contribution in [1.29, 1.82) is 0 Å². The van der Waals surface area contributed by atoms with Crippen molar-refractivity contribution in [2.24, 2.45) is 11.8 Å². The fourth-order valence-electron chi connectivity index (χ4n) is 0.211. The van der Waals surface area contributed by atoms with Crippen LogP contribution < -0.4 is 23.9 Å². The van der Waals surface area contributed by atoms with E-state index in [0.29, 0.717) is 0 Å². The summed E-state index contributed by atoms with van der Waals surface area (Å²) < 4.78 is 0. The minimum Gasteiger partial charge on any atom is -0.832 e. The molecule has 0 heterocycles. The molecule has 0 unspecified atom stereocenters. The van der Waals surface area contributed by atoms with Crippen molar-refractivity contribution in [3.05, 3.63) is 0 Å². The Morgan fingerprint density at radius 2 is 0.857 bits per heavy atom. The smallest absolute Gasteiger partial charge is 0.832 e. The van der Waals surface area contributed by atoms with Gasteiger partial charge in [0.2, 0.25) is 0 Å². The van der Waals surface area contributed by atoms with Crippen molar-refractivity contribution in [2.45, 2.75) is 13.8 Å². The van der Waals surface area contributed by atoms with Gasteiger partial charge in [0.15, 0.2) is 11.8 Å². The molecule has 11 nitrogen and oxygen atoms in total. The standard InChI is InChI=1S/2C4H6O4.BH2O3.Li/c2*1-2(3(5)6)4(7)8;2-1(3)4;/h2*2H,1H3,(H,5,6)(H,7,8);2-3H;/q;;-1;+1. The fraction of sp³-hybridized carbons (Fsp3) is 0.500. The van der Waals surface area contributed by atoms with Crippen LogP contribution in [0.5, 0.6) is 0 Å². The Balaban J connectivity index is -0.000000107. The second kappa shape index (κ2) is 14.8. The van der Waals surface area contributed by atoms with E-state index in [9.17, 15) is 19.2 Å². The molecule has 0 rings (SSSR count). The Bertz CT molecular complexity index is 284. The van der Waals surface area contributed by atoms with E-state index in [1.54, 1.807) is 0 Å². The van der Waals surface area contributed by atoms with Gasteiger partial charge in [-0.25, -0.2) is 0 Å². The molecule has 0 aromatic rings. The largest absolute Gasteiger partial charge is 1.00 e. The summed E-state index contributed by atoms with van der Waals surface area (Å²) in [6, 6.07) is 0. The number of aliphatic carboxylic acids is 4. The molecule has 0 saturated heterocycles. The van der Waals surface area contributed by atoms with Crippen molar-refractivity contribution in [3.8, 4) is 0 Å². The number of hydrogen-bond acceptors (Lipinski definition) is 7. The third-order valence-corrected chi connectivity index (χ3v) is 1.48. The molecule has 6 N–H and O–H groups in total. The summed E-state index contributed by atoms with van der Waals surface area (Å²) in [6.45, 7) is 2.23. The normalized spacial score (nSPS) is 8.33. The first-order valence-electron chi connectivity index (χ1n) is 4.77. The Morgan fingerprint density at radius 1 is 0.762 bits per heavy atom. The molecule has 0 aromatic heterocycles. The van der Waals surface area contributed by atoms with Gasteiger partial charge in [-0.2, -0.15) is 0 Å². The van der Waals surface area contributed by atoms with Gasteiger partial charge in [0.05, 0.1) is 0 Å². The maximum absolute atomic E-state index is 9.76. The van der Waals surface area contributed by atoms with Gasteiger partial charge in [0.25, 0.3) is 0 Å². The second-order valence-corrected chi connectivity index (χ2v) is 3.12. The van der Waals surface area contributed by atoms with Gasteiger partial charge < -0.3 is 35.5 Å². The number of carboxylic acid groups (broad SMARTS) is 4. The number of hydrogen-bond donors (Lipinski definition) is 6. The summed E-state index contributed by atoms with van der Waals surface area (Å²) in [5.74, 6) is -7.82. The monoisotopic (exact) mass is 304 g/mol. The van der Waals surface area contributed by atoms with E-state index in [4.69, 9.17) is 35.5 Å². The molecule has 0 atom stereocenters. The van der Waals surface area contributed by atoms with E-state index in [1.807, 2.05) is 0 Å². The van der Waals surface area contributed by atoms with Crippen LogP contribution in [0.25, 0.3) is 0 Å². The molecule has 0 aliphatic heterocycles. The SMILES string of the molecule is CC(C(=O)O)C(=O)O.CC(C(=O)O)C(=O)O.[Li+].[O-]B(O)O. The molecule has 0 fully saturated rings. The fourth-order valence-corrected chi connectivity index (χ4v) is 0.211. The molecular weight excluding hydrogens is 290 g/mol. The molecule has 13 heteroatoms. The summed E-state index contributed by atoms with van der Waals surface area (Å²) in [5.41, 5.74) is 0. The minimum absolute atomic E-state index is 0. The van der Waals surface area contributed by atoms with Gasteiger partial charge in [0.1, 0.15) is 0 Å². The maximum atomic E-state index is 9.76. The van der Waals surface area contributed by atoms with Crippen molar-refractivity contribution < 1.29 is 73.5 Å². The van der Waals surface area contributed by atoms with E-state index >= 15 is 0 Å². The quantitative estimate of drug-likeness (QED) is 0.212. The van der Waals surface area contributed by atoms with Crippen LogP contribution in [-0.2, 0) is 19.2 Å². The summed E-state index contributed by atoms with van der Waals surface area (Å²) >= 11 is 0. The predicted molar refractivity (Wildman–Crippen MR) is 59.1 cm³/mol. The van der Waals surface area contributed by atoms with E-state index in [-0.39, 0.29) is 18.9 Å². The van der Waals surface area contributed by atoms with E-state index in [2.05, 4.69) is 0 Å². The number of rotatable bonds is 4. The Morgan fingerprint density at radius 3 is 0.857 bits per heavy atom. The van der Waals surface area contributed by atoms with Gasteiger partial charge in [0, 0.05) is 0 Å². The van der Waals surface area contributed by atoms with Crippen molar-refractivity contribution in [1.82, 2.24) is 0 Å². The van der Waals surface area contributed by atoms with Gasteiger partial charge in [-0.15, -0.1) is 0 Å².